The summed E-state index contributed by atoms with van der Waals surface area (Å²) in [6, 6.07) is 2.26. The normalized spacial score (nSPS) is 27.3. The zero-order valence-electron chi connectivity index (χ0n) is 6.06. The topological polar surface area (TPSA) is 23.8 Å². The fourth-order valence-corrected chi connectivity index (χ4v) is 1.81. The van der Waals surface area contributed by atoms with E-state index in [0.29, 0.717) is 5.41 Å². The van der Waals surface area contributed by atoms with Crippen LogP contribution in [0.15, 0.2) is 11.6 Å². The van der Waals surface area contributed by atoms with E-state index in [1.165, 1.54) is 19.3 Å². The Bertz CT molecular complexity index is 215. The van der Waals surface area contributed by atoms with Crippen LogP contribution in [0.1, 0.15) is 32.1 Å². The number of hydrogen-bond donors (Lipinski definition) is 0. The predicted octanol–water partition coefficient (Wildman–Crippen LogP) is 2.40. The molecule has 0 amide bonds. The van der Waals surface area contributed by atoms with Gasteiger partial charge in [0.25, 0.3) is 0 Å². The van der Waals surface area contributed by atoms with Gasteiger partial charge in [0.15, 0.2) is 0 Å². The standard InChI is InChI=1S/C9H11N/c10-7-8-2-1-3-9(6-8)4-5-9/h2H,1,3-6H2. The van der Waals surface area contributed by atoms with Gasteiger partial charge >= 0.3 is 0 Å². The molecule has 52 valence electrons. The molecule has 0 aliphatic heterocycles. The van der Waals surface area contributed by atoms with Crippen molar-refractivity contribution in [2.45, 2.75) is 32.1 Å². The molecule has 0 N–H and O–H groups in total. The van der Waals surface area contributed by atoms with Crippen LogP contribution in [0.4, 0.5) is 0 Å². The quantitative estimate of drug-likeness (QED) is 0.497. The Morgan fingerprint density at radius 3 is 2.80 bits per heavy atom. The summed E-state index contributed by atoms with van der Waals surface area (Å²) in [5.41, 5.74) is 1.64. The van der Waals surface area contributed by atoms with Gasteiger partial charge in [0, 0.05) is 5.57 Å². The number of nitriles is 1. The molecule has 0 unspecified atom stereocenters. The highest BCUT2D eigenvalue weighted by Crippen LogP contribution is 2.55. The van der Waals surface area contributed by atoms with Gasteiger partial charge in [-0.15, -0.1) is 0 Å². The lowest BCUT2D eigenvalue weighted by atomic mass is 9.87. The lowest BCUT2D eigenvalue weighted by molar-refractivity contribution is 0.451. The molecule has 0 aromatic rings. The van der Waals surface area contributed by atoms with Crippen molar-refractivity contribution in [1.82, 2.24) is 0 Å². The van der Waals surface area contributed by atoms with Crippen molar-refractivity contribution < 1.29 is 0 Å². The molecule has 2 aliphatic rings. The van der Waals surface area contributed by atoms with Crippen molar-refractivity contribution in [3.05, 3.63) is 11.6 Å². The van der Waals surface area contributed by atoms with Gasteiger partial charge in [-0.25, -0.2) is 0 Å². The van der Waals surface area contributed by atoms with Crippen LogP contribution in [0.5, 0.6) is 0 Å². The van der Waals surface area contributed by atoms with Crippen LogP contribution in [0.3, 0.4) is 0 Å². The minimum absolute atomic E-state index is 0.611. The summed E-state index contributed by atoms with van der Waals surface area (Å²) in [6.45, 7) is 0. The van der Waals surface area contributed by atoms with E-state index in [4.69, 9.17) is 5.26 Å². The summed E-state index contributed by atoms with van der Waals surface area (Å²) in [7, 11) is 0. The van der Waals surface area contributed by atoms with E-state index in [0.717, 1.165) is 18.4 Å². The maximum absolute atomic E-state index is 8.63. The smallest absolute Gasteiger partial charge is 0.0943 e. The third kappa shape index (κ3) is 0.844. The van der Waals surface area contributed by atoms with E-state index in [9.17, 15) is 0 Å². The SMILES string of the molecule is N#CC1=CCCC2(CC2)C1. The zero-order chi connectivity index (χ0) is 7.03. The van der Waals surface area contributed by atoms with Crippen LogP contribution < -0.4 is 0 Å². The molecule has 10 heavy (non-hydrogen) atoms. The Hall–Kier alpha value is -0.770. The van der Waals surface area contributed by atoms with Crippen molar-refractivity contribution in [1.29, 1.82) is 5.26 Å². The van der Waals surface area contributed by atoms with Crippen molar-refractivity contribution in [2.75, 3.05) is 0 Å². The van der Waals surface area contributed by atoms with E-state index in [1.54, 1.807) is 0 Å². The third-order valence-corrected chi connectivity index (χ3v) is 2.73. The molecular formula is C9H11N. The molecule has 1 saturated carbocycles. The molecular weight excluding hydrogens is 122 g/mol. The Morgan fingerprint density at radius 1 is 1.40 bits per heavy atom. The van der Waals surface area contributed by atoms with Crippen LogP contribution in [-0.4, -0.2) is 0 Å². The average Bonchev–Trinajstić information content (AvgIpc) is 2.70. The number of hydrogen-bond acceptors (Lipinski definition) is 1. The highest BCUT2D eigenvalue weighted by atomic mass is 14.5. The van der Waals surface area contributed by atoms with Crippen molar-refractivity contribution >= 4 is 0 Å². The summed E-state index contributed by atoms with van der Waals surface area (Å²) < 4.78 is 0. The monoisotopic (exact) mass is 133 g/mol. The first kappa shape index (κ1) is 5.97. The van der Waals surface area contributed by atoms with Crippen LogP contribution in [0.25, 0.3) is 0 Å². The van der Waals surface area contributed by atoms with Gasteiger partial charge in [0.1, 0.15) is 0 Å². The minimum Gasteiger partial charge on any atom is -0.193 e. The first-order valence-corrected chi connectivity index (χ1v) is 3.94. The number of nitrogens with zero attached hydrogens (tertiary/aromatic N) is 1. The number of rotatable bonds is 0. The lowest BCUT2D eigenvalue weighted by Crippen LogP contribution is -2.05. The average molecular weight is 133 g/mol. The molecule has 0 aromatic heterocycles. The van der Waals surface area contributed by atoms with E-state index < -0.39 is 0 Å². The first-order chi connectivity index (χ1) is 4.85. The molecule has 0 atom stereocenters. The summed E-state index contributed by atoms with van der Waals surface area (Å²) >= 11 is 0. The summed E-state index contributed by atoms with van der Waals surface area (Å²) in [4.78, 5) is 0. The van der Waals surface area contributed by atoms with Gasteiger partial charge in [-0.2, -0.15) is 5.26 Å². The highest BCUT2D eigenvalue weighted by Gasteiger charge is 2.43. The van der Waals surface area contributed by atoms with E-state index in [-0.39, 0.29) is 0 Å². The molecule has 1 nitrogen and oxygen atoms in total. The number of allylic oxidation sites excluding steroid dienone is 2. The fraction of sp³-hybridized carbons (Fsp3) is 0.667. The van der Waals surface area contributed by atoms with Gasteiger partial charge in [-0.3, -0.25) is 0 Å². The summed E-state index contributed by atoms with van der Waals surface area (Å²) in [5.74, 6) is 0. The molecule has 0 aromatic carbocycles. The molecule has 1 spiro atoms. The Kier molecular flexibility index (Phi) is 1.11. The van der Waals surface area contributed by atoms with E-state index in [1.807, 2.05) is 0 Å². The molecule has 0 bridgehead atoms. The van der Waals surface area contributed by atoms with Crippen LogP contribution in [0, 0.1) is 16.7 Å². The Morgan fingerprint density at radius 2 is 2.20 bits per heavy atom. The van der Waals surface area contributed by atoms with Crippen molar-refractivity contribution in [3.63, 3.8) is 0 Å². The van der Waals surface area contributed by atoms with Gasteiger partial charge in [0.05, 0.1) is 6.07 Å². The molecule has 2 rings (SSSR count). The molecule has 1 fully saturated rings. The first-order valence-electron chi connectivity index (χ1n) is 3.94. The second-order valence-corrected chi connectivity index (χ2v) is 3.56. The molecule has 0 radical (unpaired) electrons. The molecule has 2 aliphatic carbocycles. The zero-order valence-corrected chi connectivity index (χ0v) is 6.06. The van der Waals surface area contributed by atoms with Gasteiger partial charge < -0.3 is 0 Å². The van der Waals surface area contributed by atoms with Gasteiger partial charge in [0.2, 0.25) is 0 Å². The molecule has 0 saturated heterocycles. The fourth-order valence-electron chi connectivity index (χ4n) is 1.81. The van der Waals surface area contributed by atoms with Crippen LogP contribution in [0.2, 0.25) is 0 Å². The second-order valence-electron chi connectivity index (χ2n) is 3.56. The Labute approximate surface area is 61.4 Å². The maximum Gasteiger partial charge on any atom is 0.0943 e. The van der Waals surface area contributed by atoms with Crippen molar-refractivity contribution in [3.8, 4) is 6.07 Å². The second kappa shape index (κ2) is 1.85. The van der Waals surface area contributed by atoms with E-state index in [2.05, 4.69) is 12.1 Å². The molecule has 0 heterocycles. The largest absolute Gasteiger partial charge is 0.193 e. The van der Waals surface area contributed by atoms with Gasteiger partial charge in [-0.1, -0.05) is 6.08 Å². The van der Waals surface area contributed by atoms with E-state index >= 15 is 0 Å². The highest BCUT2D eigenvalue weighted by molar-refractivity contribution is 5.26. The third-order valence-electron chi connectivity index (χ3n) is 2.73. The maximum atomic E-state index is 8.63. The molecule has 1 heteroatoms. The van der Waals surface area contributed by atoms with Crippen molar-refractivity contribution in [2.24, 2.45) is 5.41 Å². The Balaban J connectivity index is 2.13. The predicted molar refractivity (Wildman–Crippen MR) is 39.2 cm³/mol. The minimum atomic E-state index is 0.611. The van der Waals surface area contributed by atoms with Gasteiger partial charge in [-0.05, 0) is 37.5 Å². The van der Waals surface area contributed by atoms with Crippen LogP contribution in [-0.2, 0) is 0 Å². The van der Waals surface area contributed by atoms with Crippen LogP contribution >= 0.6 is 0 Å². The summed E-state index contributed by atoms with van der Waals surface area (Å²) in [5, 5.41) is 8.63. The summed E-state index contributed by atoms with van der Waals surface area (Å²) in [6.07, 6.45) is 8.38. The lowest BCUT2D eigenvalue weighted by Gasteiger charge is -2.17.